The lowest BCUT2D eigenvalue weighted by molar-refractivity contribution is -0.136. The maximum atomic E-state index is 12.6. The molecule has 0 amide bonds. The van der Waals surface area contributed by atoms with Crippen LogP contribution < -0.4 is 0 Å². The van der Waals surface area contributed by atoms with Crippen LogP contribution in [0.4, 0.5) is 0 Å². The van der Waals surface area contributed by atoms with Crippen LogP contribution in [-0.2, 0) is 11.2 Å². The summed E-state index contributed by atoms with van der Waals surface area (Å²) in [5.74, 6) is -1.03. The van der Waals surface area contributed by atoms with Crippen LogP contribution >= 0.6 is 22.9 Å². The molecule has 2 aromatic carbocycles. The van der Waals surface area contributed by atoms with Crippen molar-refractivity contribution in [3.63, 3.8) is 0 Å². The van der Waals surface area contributed by atoms with E-state index in [0.717, 1.165) is 10.4 Å². The third kappa shape index (κ3) is 3.55. The normalized spacial score (nSPS) is 10.5. The standard InChI is InChI=1S/C19H13ClO3S/c20-15-8-6-13(7-9-15)19-14(11-17(21)22)10-16(24-19)18(23)12-4-2-1-3-5-12/h1-10H,11H2,(H,21,22). The van der Waals surface area contributed by atoms with E-state index in [9.17, 15) is 9.59 Å². The Kier molecular flexibility index (Phi) is 4.79. The second kappa shape index (κ2) is 6.99. The number of halogens is 1. The van der Waals surface area contributed by atoms with Crippen molar-refractivity contribution in [3.8, 4) is 10.4 Å². The van der Waals surface area contributed by atoms with Crippen molar-refractivity contribution >= 4 is 34.7 Å². The summed E-state index contributed by atoms with van der Waals surface area (Å²) < 4.78 is 0. The minimum atomic E-state index is -0.929. The van der Waals surface area contributed by atoms with Gasteiger partial charge < -0.3 is 5.11 Å². The zero-order chi connectivity index (χ0) is 17.1. The van der Waals surface area contributed by atoms with Crippen molar-refractivity contribution in [1.82, 2.24) is 0 Å². The molecule has 3 aromatic rings. The topological polar surface area (TPSA) is 54.4 Å². The van der Waals surface area contributed by atoms with Gasteiger partial charge in [-0.2, -0.15) is 0 Å². The molecule has 3 rings (SSSR count). The average Bonchev–Trinajstić information content (AvgIpc) is 2.98. The van der Waals surface area contributed by atoms with Crippen LogP contribution in [0, 0.1) is 0 Å². The lowest BCUT2D eigenvalue weighted by Gasteiger charge is -2.01. The average molecular weight is 357 g/mol. The lowest BCUT2D eigenvalue weighted by atomic mass is 10.1. The number of carboxylic acids is 1. The Balaban J connectivity index is 2.05. The van der Waals surface area contributed by atoms with Crippen molar-refractivity contribution in [2.75, 3.05) is 0 Å². The van der Waals surface area contributed by atoms with Gasteiger partial charge in [0.05, 0.1) is 11.3 Å². The quantitative estimate of drug-likeness (QED) is 0.660. The number of thiophene rings is 1. The predicted octanol–water partition coefficient (Wildman–Crippen LogP) is 4.93. The monoisotopic (exact) mass is 356 g/mol. The highest BCUT2D eigenvalue weighted by atomic mass is 35.5. The van der Waals surface area contributed by atoms with Gasteiger partial charge in [0.1, 0.15) is 0 Å². The van der Waals surface area contributed by atoms with Crippen LogP contribution in [0.25, 0.3) is 10.4 Å². The van der Waals surface area contributed by atoms with Crippen molar-refractivity contribution < 1.29 is 14.7 Å². The summed E-state index contributed by atoms with van der Waals surface area (Å²) in [5.41, 5.74) is 2.07. The van der Waals surface area contributed by atoms with Gasteiger partial charge in [-0.15, -0.1) is 11.3 Å². The number of carboxylic acid groups (broad SMARTS) is 1. The van der Waals surface area contributed by atoms with Gasteiger partial charge in [0, 0.05) is 15.5 Å². The number of ketones is 1. The molecule has 1 N–H and O–H groups in total. The van der Waals surface area contributed by atoms with E-state index in [1.165, 1.54) is 11.3 Å². The number of hydrogen-bond acceptors (Lipinski definition) is 3. The molecule has 0 saturated carbocycles. The predicted molar refractivity (Wildman–Crippen MR) is 96.0 cm³/mol. The van der Waals surface area contributed by atoms with Gasteiger partial charge in [0.2, 0.25) is 5.78 Å². The molecule has 0 aliphatic carbocycles. The molecule has 0 atom stereocenters. The van der Waals surface area contributed by atoms with Gasteiger partial charge in [0.25, 0.3) is 0 Å². The third-order valence-corrected chi connectivity index (χ3v) is 4.99. The van der Waals surface area contributed by atoms with Crippen molar-refractivity contribution in [1.29, 1.82) is 0 Å². The fourth-order valence-corrected chi connectivity index (χ4v) is 3.69. The first-order chi connectivity index (χ1) is 11.5. The number of benzene rings is 2. The molecular weight excluding hydrogens is 344 g/mol. The van der Waals surface area contributed by atoms with E-state index >= 15 is 0 Å². The minimum Gasteiger partial charge on any atom is -0.481 e. The molecule has 0 fully saturated rings. The van der Waals surface area contributed by atoms with Crippen molar-refractivity contribution in [2.24, 2.45) is 0 Å². The highest BCUT2D eigenvalue weighted by molar-refractivity contribution is 7.17. The van der Waals surface area contributed by atoms with E-state index in [2.05, 4.69) is 0 Å². The highest BCUT2D eigenvalue weighted by Crippen LogP contribution is 2.35. The van der Waals surface area contributed by atoms with Gasteiger partial charge in [-0.05, 0) is 29.3 Å². The molecule has 0 spiro atoms. The summed E-state index contributed by atoms with van der Waals surface area (Å²) >= 11 is 7.22. The number of carbonyl (C=O) groups is 2. The first-order valence-corrected chi connectivity index (χ1v) is 8.44. The van der Waals surface area contributed by atoms with Crippen LogP contribution in [0.5, 0.6) is 0 Å². The number of hydrogen-bond donors (Lipinski definition) is 1. The number of carbonyl (C=O) groups excluding carboxylic acids is 1. The first kappa shape index (κ1) is 16.4. The fourth-order valence-electron chi connectivity index (χ4n) is 2.41. The first-order valence-electron chi connectivity index (χ1n) is 7.25. The molecule has 24 heavy (non-hydrogen) atoms. The largest absolute Gasteiger partial charge is 0.481 e. The molecule has 120 valence electrons. The van der Waals surface area contributed by atoms with Gasteiger partial charge in [-0.25, -0.2) is 0 Å². The zero-order valence-corrected chi connectivity index (χ0v) is 14.1. The number of aliphatic carboxylic acids is 1. The summed E-state index contributed by atoms with van der Waals surface area (Å²) in [7, 11) is 0. The summed E-state index contributed by atoms with van der Waals surface area (Å²) in [5, 5.41) is 9.75. The maximum absolute atomic E-state index is 12.6. The minimum absolute atomic E-state index is 0.104. The summed E-state index contributed by atoms with van der Waals surface area (Å²) in [6.07, 6.45) is -0.128. The van der Waals surface area contributed by atoms with Crippen LogP contribution in [0.1, 0.15) is 20.8 Å². The van der Waals surface area contributed by atoms with E-state index in [4.69, 9.17) is 16.7 Å². The molecule has 0 bridgehead atoms. The van der Waals surface area contributed by atoms with E-state index in [0.29, 0.717) is 21.0 Å². The van der Waals surface area contributed by atoms with Crippen LogP contribution in [0.3, 0.4) is 0 Å². The van der Waals surface area contributed by atoms with Crippen LogP contribution in [-0.4, -0.2) is 16.9 Å². The SMILES string of the molecule is O=C(O)Cc1cc(C(=O)c2ccccc2)sc1-c1ccc(Cl)cc1. The molecule has 0 saturated heterocycles. The van der Waals surface area contributed by atoms with Gasteiger partial charge >= 0.3 is 5.97 Å². The molecular formula is C19H13ClO3S. The summed E-state index contributed by atoms with van der Waals surface area (Å²) in [6.45, 7) is 0. The second-order valence-electron chi connectivity index (χ2n) is 5.24. The van der Waals surface area contributed by atoms with Crippen LogP contribution in [0.15, 0.2) is 60.7 Å². The van der Waals surface area contributed by atoms with E-state index in [1.807, 2.05) is 18.2 Å². The van der Waals surface area contributed by atoms with Crippen molar-refractivity contribution in [2.45, 2.75) is 6.42 Å². The molecule has 0 aliphatic heterocycles. The Morgan fingerprint density at radius 2 is 1.67 bits per heavy atom. The Morgan fingerprint density at radius 1 is 1.00 bits per heavy atom. The fraction of sp³-hybridized carbons (Fsp3) is 0.0526. The zero-order valence-electron chi connectivity index (χ0n) is 12.5. The molecule has 0 unspecified atom stereocenters. The highest BCUT2D eigenvalue weighted by Gasteiger charge is 2.18. The van der Waals surface area contributed by atoms with Crippen LogP contribution in [0.2, 0.25) is 5.02 Å². The molecule has 1 heterocycles. The van der Waals surface area contributed by atoms with Crippen molar-refractivity contribution in [3.05, 3.63) is 81.7 Å². The number of rotatable bonds is 5. The Morgan fingerprint density at radius 3 is 2.29 bits per heavy atom. The van der Waals surface area contributed by atoms with Gasteiger partial charge in [-0.1, -0.05) is 54.1 Å². The molecule has 1 aromatic heterocycles. The van der Waals surface area contributed by atoms with E-state index in [-0.39, 0.29) is 12.2 Å². The lowest BCUT2D eigenvalue weighted by Crippen LogP contribution is -2.00. The molecule has 5 heteroatoms. The van der Waals surface area contributed by atoms with E-state index in [1.54, 1.807) is 42.5 Å². The van der Waals surface area contributed by atoms with Gasteiger partial charge in [0.15, 0.2) is 0 Å². The van der Waals surface area contributed by atoms with Gasteiger partial charge in [-0.3, -0.25) is 9.59 Å². The summed E-state index contributed by atoms with van der Waals surface area (Å²) in [4.78, 5) is 25.1. The second-order valence-corrected chi connectivity index (χ2v) is 6.73. The smallest absolute Gasteiger partial charge is 0.307 e. The molecule has 0 radical (unpaired) electrons. The Labute approximate surface area is 148 Å². The Hall–Kier alpha value is -2.43. The maximum Gasteiger partial charge on any atom is 0.307 e. The summed E-state index contributed by atoms with van der Waals surface area (Å²) in [6, 6.07) is 17.8. The third-order valence-electron chi connectivity index (χ3n) is 3.52. The Bertz CT molecular complexity index is 883. The molecule has 0 aliphatic rings. The van der Waals surface area contributed by atoms with E-state index < -0.39 is 5.97 Å². The molecule has 3 nitrogen and oxygen atoms in total.